The molecule has 2 amide bonds. The fourth-order valence-electron chi connectivity index (χ4n) is 3.02. The van der Waals surface area contributed by atoms with E-state index in [1.807, 2.05) is 0 Å². The van der Waals surface area contributed by atoms with E-state index >= 15 is 0 Å². The summed E-state index contributed by atoms with van der Waals surface area (Å²) >= 11 is 1.10. The van der Waals surface area contributed by atoms with Gasteiger partial charge in [-0.3, -0.25) is 25.0 Å². The molecule has 1 heterocycles. The van der Waals surface area contributed by atoms with Crippen LogP contribution < -0.4 is 16.0 Å². The van der Waals surface area contributed by atoms with E-state index in [9.17, 15) is 24.1 Å². The van der Waals surface area contributed by atoms with Gasteiger partial charge in [-0.15, -0.1) is 11.3 Å². The van der Waals surface area contributed by atoms with Gasteiger partial charge >= 0.3 is 0 Å². The average molecular weight is 455 g/mol. The largest absolute Gasteiger partial charge is 0.377 e. The Kier molecular flexibility index (Phi) is 5.82. The number of nitrogens with zero attached hydrogens (tertiary/aromatic N) is 2. The van der Waals surface area contributed by atoms with Gasteiger partial charge in [-0.25, -0.2) is 9.37 Å². The molecule has 32 heavy (non-hydrogen) atoms. The number of amides is 2. The van der Waals surface area contributed by atoms with Crippen molar-refractivity contribution in [2.75, 3.05) is 16.0 Å². The van der Waals surface area contributed by atoms with Gasteiger partial charge in [0.25, 0.3) is 11.6 Å². The molecule has 0 unspecified atom stereocenters. The van der Waals surface area contributed by atoms with Crippen LogP contribution >= 0.6 is 11.3 Å². The first-order valence-corrected chi connectivity index (χ1v) is 10.6. The highest BCUT2D eigenvalue weighted by Crippen LogP contribution is 2.32. The molecule has 1 aliphatic rings. The number of nitrogens with one attached hydrogen (secondary N) is 3. The number of aromatic nitrogens is 1. The summed E-state index contributed by atoms with van der Waals surface area (Å²) in [5, 5.41) is 21.4. The lowest BCUT2D eigenvalue weighted by Gasteiger charge is -2.07. The minimum atomic E-state index is -0.575. The molecule has 1 aromatic heterocycles. The van der Waals surface area contributed by atoms with Crippen molar-refractivity contribution in [1.29, 1.82) is 0 Å². The van der Waals surface area contributed by atoms with Crippen molar-refractivity contribution in [2.24, 2.45) is 0 Å². The van der Waals surface area contributed by atoms with Crippen LogP contribution in [0.4, 0.5) is 26.6 Å². The number of halogens is 1. The van der Waals surface area contributed by atoms with Gasteiger partial charge < -0.3 is 10.6 Å². The van der Waals surface area contributed by atoms with Gasteiger partial charge in [-0.05, 0) is 43.2 Å². The lowest BCUT2D eigenvalue weighted by molar-refractivity contribution is -0.384. The van der Waals surface area contributed by atoms with E-state index in [-0.39, 0.29) is 33.9 Å². The van der Waals surface area contributed by atoms with Crippen molar-refractivity contribution in [3.63, 3.8) is 0 Å². The fraction of sp³-hybridized carbons (Fsp3) is 0.190. The Hall–Kier alpha value is -3.86. The van der Waals surface area contributed by atoms with Crippen molar-refractivity contribution in [3.8, 4) is 11.3 Å². The molecular formula is C21H18FN5O4S. The summed E-state index contributed by atoms with van der Waals surface area (Å²) in [5.41, 5.74) is 1.16. The van der Waals surface area contributed by atoms with Crippen LogP contribution in [0.2, 0.25) is 0 Å². The number of rotatable bonds is 7. The maximum Gasteiger partial charge on any atom is 0.293 e. The molecule has 11 heteroatoms. The number of nitro groups is 1. The SMILES string of the molecule is CC(=O)Nc1ccc(-c2csc(NC(=O)c3ccc(NC4CC4)c([N+](=O)[O-])c3)n2)c(F)c1. The molecule has 9 nitrogen and oxygen atoms in total. The Morgan fingerprint density at radius 1 is 1.19 bits per heavy atom. The van der Waals surface area contributed by atoms with Crippen LogP contribution in [0, 0.1) is 15.9 Å². The van der Waals surface area contributed by atoms with Gasteiger partial charge in [0.15, 0.2) is 5.13 Å². The molecular weight excluding hydrogens is 437 g/mol. The van der Waals surface area contributed by atoms with E-state index in [2.05, 4.69) is 20.9 Å². The molecule has 1 fully saturated rings. The highest BCUT2D eigenvalue weighted by Gasteiger charge is 2.25. The predicted molar refractivity (Wildman–Crippen MR) is 120 cm³/mol. The zero-order valence-corrected chi connectivity index (χ0v) is 17.7. The molecule has 0 atom stereocenters. The summed E-state index contributed by atoms with van der Waals surface area (Å²) in [4.78, 5) is 38.8. The van der Waals surface area contributed by atoms with Gasteiger partial charge in [0.05, 0.1) is 10.6 Å². The first-order valence-electron chi connectivity index (χ1n) is 9.69. The van der Waals surface area contributed by atoms with Crippen LogP contribution in [0.1, 0.15) is 30.1 Å². The molecule has 0 radical (unpaired) electrons. The smallest absolute Gasteiger partial charge is 0.293 e. The second-order valence-electron chi connectivity index (χ2n) is 7.28. The first-order chi connectivity index (χ1) is 15.3. The van der Waals surface area contributed by atoms with Crippen LogP contribution in [0.15, 0.2) is 41.8 Å². The number of hydrogen-bond acceptors (Lipinski definition) is 7. The second-order valence-corrected chi connectivity index (χ2v) is 8.13. The molecule has 0 spiro atoms. The summed E-state index contributed by atoms with van der Waals surface area (Å²) in [6.45, 7) is 1.33. The van der Waals surface area contributed by atoms with E-state index in [4.69, 9.17) is 0 Å². The molecule has 0 saturated heterocycles. The molecule has 0 aliphatic heterocycles. The Morgan fingerprint density at radius 3 is 2.62 bits per heavy atom. The summed E-state index contributed by atoms with van der Waals surface area (Å²) in [6.07, 6.45) is 1.92. The lowest BCUT2D eigenvalue weighted by atomic mass is 10.1. The monoisotopic (exact) mass is 455 g/mol. The number of nitro benzene ring substituents is 1. The standard InChI is InChI=1S/C21H18FN5O4S/c1-11(28)23-14-5-6-15(16(22)9-14)18-10-32-21(25-18)26-20(29)12-2-7-17(24-13-3-4-13)19(8-12)27(30)31/h2,5-10,13,24H,3-4H2,1H3,(H,23,28)(H,25,26,29). The maximum atomic E-state index is 14.4. The number of anilines is 3. The van der Waals surface area contributed by atoms with Crippen LogP contribution in [0.3, 0.4) is 0 Å². The summed E-state index contributed by atoms with van der Waals surface area (Å²) in [6, 6.07) is 8.69. The van der Waals surface area contributed by atoms with E-state index in [0.29, 0.717) is 17.1 Å². The molecule has 0 bridgehead atoms. The third-order valence-corrected chi connectivity index (χ3v) is 5.44. The topological polar surface area (TPSA) is 126 Å². The Bertz CT molecular complexity index is 1220. The van der Waals surface area contributed by atoms with Crippen molar-refractivity contribution in [1.82, 2.24) is 4.98 Å². The molecule has 3 aromatic rings. The Morgan fingerprint density at radius 2 is 1.97 bits per heavy atom. The average Bonchev–Trinajstić information content (AvgIpc) is 3.43. The van der Waals surface area contributed by atoms with E-state index < -0.39 is 16.6 Å². The Balaban J connectivity index is 1.50. The van der Waals surface area contributed by atoms with Gasteiger partial charge in [-0.1, -0.05) is 0 Å². The highest BCUT2D eigenvalue weighted by atomic mass is 32.1. The molecule has 2 aromatic carbocycles. The molecule has 1 aliphatic carbocycles. The second kappa shape index (κ2) is 8.71. The third-order valence-electron chi connectivity index (χ3n) is 4.68. The zero-order chi connectivity index (χ0) is 22.8. The highest BCUT2D eigenvalue weighted by molar-refractivity contribution is 7.14. The lowest BCUT2D eigenvalue weighted by Crippen LogP contribution is -2.13. The number of carbonyl (C=O) groups excluding carboxylic acids is 2. The van der Waals surface area contributed by atoms with E-state index in [1.165, 1.54) is 37.3 Å². The van der Waals surface area contributed by atoms with Crippen LogP contribution in [0.25, 0.3) is 11.3 Å². The molecule has 4 rings (SSSR count). The quantitative estimate of drug-likeness (QED) is 0.352. The molecule has 1 saturated carbocycles. The van der Waals surface area contributed by atoms with Gasteiger partial charge in [-0.2, -0.15) is 0 Å². The van der Waals surface area contributed by atoms with Crippen LogP contribution in [-0.4, -0.2) is 27.8 Å². The van der Waals surface area contributed by atoms with Crippen molar-refractivity contribution >= 4 is 45.3 Å². The zero-order valence-electron chi connectivity index (χ0n) is 16.8. The van der Waals surface area contributed by atoms with Gasteiger partial charge in [0.2, 0.25) is 5.91 Å². The van der Waals surface area contributed by atoms with Crippen molar-refractivity contribution in [3.05, 3.63) is 63.3 Å². The minimum Gasteiger partial charge on any atom is -0.377 e. The summed E-state index contributed by atoms with van der Waals surface area (Å²) < 4.78 is 14.4. The number of carbonyl (C=O) groups is 2. The maximum absolute atomic E-state index is 14.4. The van der Waals surface area contributed by atoms with E-state index in [0.717, 1.165) is 24.2 Å². The van der Waals surface area contributed by atoms with Crippen LogP contribution in [0.5, 0.6) is 0 Å². The van der Waals surface area contributed by atoms with Gasteiger partial charge in [0, 0.05) is 41.2 Å². The minimum absolute atomic E-state index is 0.112. The van der Waals surface area contributed by atoms with Crippen molar-refractivity contribution in [2.45, 2.75) is 25.8 Å². The number of benzene rings is 2. The predicted octanol–water partition coefficient (Wildman–Crippen LogP) is 4.64. The summed E-state index contributed by atoms with van der Waals surface area (Å²) in [7, 11) is 0. The fourth-order valence-corrected chi connectivity index (χ4v) is 3.73. The molecule has 3 N–H and O–H groups in total. The van der Waals surface area contributed by atoms with Gasteiger partial charge in [0.1, 0.15) is 11.5 Å². The first kappa shape index (κ1) is 21.4. The number of thiazole rings is 1. The third kappa shape index (κ3) is 4.89. The normalized spacial score (nSPS) is 12.8. The molecule has 164 valence electrons. The van der Waals surface area contributed by atoms with E-state index in [1.54, 1.807) is 11.4 Å². The summed E-state index contributed by atoms with van der Waals surface area (Å²) in [5.74, 6) is -1.45. The van der Waals surface area contributed by atoms with Crippen LogP contribution in [-0.2, 0) is 4.79 Å². The Labute approximate surface area is 185 Å². The van der Waals surface area contributed by atoms with Crippen molar-refractivity contribution < 1.29 is 18.9 Å². The number of hydrogen-bond donors (Lipinski definition) is 3.